The monoisotopic (exact) mass is 349 g/mol. The fourth-order valence-electron chi connectivity index (χ4n) is 2.43. The van der Waals surface area contributed by atoms with Gasteiger partial charge >= 0.3 is 0 Å². The maximum absolute atomic E-state index is 10.1. The molecule has 2 atom stereocenters. The van der Waals surface area contributed by atoms with Crippen LogP contribution in [-0.4, -0.2) is 24.4 Å². The molecule has 2 aromatic carbocycles. The lowest BCUT2D eigenvalue weighted by Crippen LogP contribution is -2.33. The highest BCUT2D eigenvalue weighted by atomic mass is 35.5. The number of rotatable bonds is 8. The average molecular weight is 350 g/mol. The Morgan fingerprint density at radius 3 is 2.46 bits per heavy atom. The molecule has 0 aliphatic carbocycles. The van der Waals surface area contributed by atoms with Crippen molar-refractivity contribution in [2.24, 2.45) is 0 Å². The Labute approximate surface area is 151 Å². The molecule has 3 nitrogen and oxygen atoms in total. The van der Waals surface area contributed by atoms with Crippen LogP contribution in [0, 0.1) is 6.92 Å². The molecule has 0 saturated carbocycles. The molecule has 0 aromatic heterocycles. The summed E-state index contributed by atoms with van der Waals surface area (Å²) in [6, 6.07) is 16.7. The molecule has 0 aliphatic heterocycles. The molecule has 2 rings (SSSR count). The summed E-state index contributed by atoms with van der Waals surface area (Å²) in [6.45, 7) is 7.08. The van der Waals surface area contributed by atoms with Gasteiger partial charge < -0.3 is 15.2 Å². The molecule has 2 N–H and O–H groups in total. The van der Waals surface area contributed by atoms with E-state index in [9.17, 15) is 5.11 Å². The van der Waals surface area contributed by atoms with Crippen LogP contribution in [-0.2, 0) is 6.42 Å². The van der Waals surface area contributed by atoms with Crippen LogP contribution in [0.5, 0.6) is 5.75 Å². The van der Waals surface area contributed by atoms with E-state index in [-0.39, 0.29) is 25.1 Å². The highest BCUT2D eigenvalue weighted by Crippen LogP contribution is 2.14. The Kier molecular flexibility index (Phi) is 8.83. The summed E-state index contributed by atoms with van der Waals surface area (Å²) < 4.78 is 5.63. The maximum atomic E-state index is 10.1. The second-order valence-electron chi connectivity index (χ2n) is 6.01. The summed E-state index contributed by atoms with van der Waals surface area (Å²) in [4.78, 5) is 0. The third-order valence-electron chi connectivity index (χ3n) is 3.98. The largest absolute Gasteiger partial charge is 0.491 e. The van der Waals surface area contributed by atoms with Crippen LogP contribution in [0.3, 0.4) is 0 Å². The third-order valence-corrected chi connectivity index (χ3v) is 3.98. The van der Waals surface area contributed by atoms with Crippen molar-refractivity contribution < 1.29 is 9.84 Å². The third kappa shape index (κ3) is 6.52. The lowest BCUT2D eigenvalue weighted by Gasteiger charge is -2.18. The van der Waals surface area contributed by atoms with E-state index in [1.165, 1.54) is 11.1 Å². The van der Waals surface area contributed by atoms with Gasteiger partial charge in [0.1, 0.15) is 18.5 Å². The minimum absolute atomic E-state index is 0. The van der Waals surface area contributed by atoms with Gasteiger partial charge in [0.25, 0.3) is 0 Å². The zero-order chi connectivity index (χ0) is 16.7. The highest BCUT2D eigenvalue weighted by Gasteiger charge is 2.09. The summed E-state index contributed by atoms with van der Waals surface area (Å²) in [5.74, 6) is 0.798. The predicted octanol–water partition coefficient (Wildman–Crippen LogP) is 4.07. The maximum Gasteiger partial charge on any atom is 0.119 e. The molecule has 0 saturated heterocycles. The predicted molar refractivity (Wildman–Crippen MR) is 102 cm³/mol. The van der Waals surface area contributed by atoms with Crippen molar-refractivity contribution in [3.63, 3.8) is 0 Å². The number of aliphatic hydroxyl groups is 1. The van der Waals surface area contributed by atoms with Crippen LogP contribution in [0.4, 0.5) is 0 Å². The Balaban J connectivity index is 0.00000288. The van der Waals surface area contributed by atoms with E-state index in [1.54, 1.807) is 0 Å². The summed E-state index contributed by atoms with van der Waals surface area (Å²) >= 11 is 0. The number of halogens is 1. The van der Waals surface area contributed by atoms with E-state index in [2.05, 4.69) is 43.4 Å². The molecule has 0 amide bonds. The van der Waals surface area contributed by atoms with Crippen LogP contribution in [0.25, 0.3) is 0 Å². The van der Waals surface area contributed by atoms with Gasteiger partial charge in [-0.05, 0) is 49.1 Å². The van der Waals surface area contributed by atoms with E-state index in [0.29, 0.717) is 6.54 Å². The quantitative estimate of drug-likeness (QED) is 0.754. The number of aliphatic hydroxyl groups excluding tert-OH is 1. The van der Waals surface area contributed by atoms with Crippen LogP contribution in [0.2, 0.25) is 0 Å². The first kappa shape index (κ1) is 20.5. The first-order valence-electron chi connectivity index (χ1n) is 8.28. The van der Waals surface area contributed by atoms with E-state index < -0.39 is 6.10 Å². The number of ether oxygens (including phenoxy) is 1. The lowest BCUT2D eigenvalue weighted by atomic mass is 10.0. The zero-order valence-electron chi connectivity index (χ0n) is 14.7. The Morgan fingerprint density at radius 1 is 1.12 bits per heavy atom. The molecule has 0 spiro atoms. The van der Waals surface area contributed by atoms with Crippen LogP contribution >= 0.6 is 12.4 Å². The zero-order valence-corrected chi connectivity index (χ0v) is 15.5. The molecular formula is C20H28ClNO2. The molecule has 0 fully saturated rings. The van der Waals surface area contributed by atoms with Gasteiger partial charge in [-0.1, -0.05) is 43.3 Å². The van der Waals surface area contributed by atoms with Gasteiger partial charge in [-0.2, -0.15) is 0 Å². The van der Waals surface area contributed by atoms with E-state index >= 15 is 0 Å². The molecule has 0 radical (unpaired) electrons. The van der Waals surface area contributed by atoms with Crippen molar-refractivity contribution in [3.05, 3.63) is 65.2 Å². The normalized spacial score (nSPS) is 13.0. The average Bonchev–Trinajstić information content (AvgIpc) is 2.58. The van der Waals surface area contributed by atoms with Crippen LogP contribution in [0.1, 0.15) is 36.6 Å². The first-order chi connectivity index (χ1) is 11.1. The van der Waals surface area contributed by atoms with Crippen LogP contribution < -0.4 is 10.1 Å². The fourth-order valence-corrected chi connectivity index (χ4v) is 2.43. The second kappa shape index (κ2) is 10.3. The van der Waals surface area contributed by atoms with E-state index in [0.717, 1.165) is 17.7 Å². The standard InChI is InChI=1S/C20H27NO2.ClH/c1-4-17-8-10-18(11-9-17)16(3)21-13-19(22)14-23-20-7-5-6-15(2)12-20;/h5-12,16,19,21-22H,4,13-14H2,1-3H3;1H. The van der Waals surface area contributed by atoms with Gasteiger partial charge in [0, 0.05) is 12.6 Å². The van der Waals surface area contributed by atoms with Crippen LogP contribution in [0.15, 0.2) is 48.5 Å². The van der Waals surface area contributed by atoms with Crippen molar-refractivity contribution in [1.29, 1.82) is 0 Å². The number of hydrogen-bond donors (Lipinski definition) is 2. The van der Waals surface area contributed by atoms with Gasteiger partial charge in [-0.15, -0.1) is 12.4 Å². The van der Waals surface area contributed by atoms with E-state index in [4.69, 9.17) is 4.74 Å². The summed E-state index contributed by atoms with van der Waals surface area (Å²) in [7, 11) is 0. The summed E-state index contributed by atoms with van der Waals surface area (Å²) in [5, 5.41) is 13.4. The fraction of sp³-hybridized carbons (Fsp3) is 0.400. The molecule has 2 unspecified atom stereocenters. The van der Waals surface area contributed by atoms with Gasteiger partial charge in [0.05, 0.1) is 0 Å². The van der Waals surface area contributed by atoms with Gasteiger partial charge in [-0.3, -0.25) is 0 Å². The summed E-state index contributed by atoms with van der Waals surface area (Å²) in [5.41, 5.74) is 3.72. The number of benzene rings is 2. The molecule has 0 aliphatic rings. The van der Waals surface area contributed by atoms with Crippen molar-refractivity contribution in [2.75, 3.05) is 13.2 Å². The van der Waals surface area contributed by atoms with E-state index in [1.807, 2.05) is 31.2 Å². The van der Waals surface area contributed by atoms with Crippen molar-refractivity contribution in [3.8, 4) is 5.75 Å². The second-order valence-corrected chi connectivity index (χ2v) is 6.01. The minimum Gasteiger partial charge on any atom is -0.491 e. The summed E-state index contributed by atoms with van der Waals surface area (Å²) in [6.07, 6.45) is 0.518. The molecule has 0 heterocycles. The molecule has 132 valence electrons. The van der Waals surface area contributed by atoms with Gasteiger partial charge in [0.15, 0.2) is 0 Å². The Hall–Kier alpha value is -1.55. The number of aryl methyl sites for hydroxylation is 2. The Bertz CT molecular complexity index is 601. The molecule has 24 heavy (non-hydrogen) atoms. The minimum atomic E-state index is -0.534. The molecular weight excluding hydrogens is 322 g/mol. The molecule has 2 aromatic rings. The van der Waals surface area contributed by atoms with Gasteiger partial charge in [0.2, 0.25) is 0 Å². The Morgan fingerprint density at radius 2 is 1.83 bits per heavy atom. The highest BCUT2D eigenvalue weighted by molar-refractivity contribution is 5.85. The smallest absolute Gasteiger partial charge is 0.119 e. The van der Waals surface area contributed by atoms with Crippen molar-refractivity contribution in [1.82, 2.24) is 5.32 Å². The van der Waals surface area contributed by atoms with Crippen molar-refractivity contribution >= 4 is 12.4 Å². The molecule has 4 heteroatoms. The topological polar surface area (TPSA) is 41.5 Å². The van der Waals surface area contributed by atoms with Gasteiger partial charge in [-0.25, -0.2) is 0 Å². The number of nitrogens with one attached hydrogen (secondary N) is 1. The SMILES string of the molecule is CCc1ccc(C(C)NCC(O)COc2cccc(C)c2)cc1.Cl. The lowest BCUT2D eigenvalue weighted by molar-refractivity contribution is 0.104. The number of hydrogen-bond acceptors (Lipinski definition) is 3. The van der Waals surface area contributed by atoms with Crippen molar-refractivity contribution in [2.45, 2.75) is 39.3 Å². The molecule has 0 bridgehead atoms. The first-order valence-corrected chi connectivity index (χ1v) is 8.28.